The number of hydrogen-bond acceptors (Lipinski definition) is 5. The van der Waals surface area contributed by atoms with Crippen LogP contribution in [0.4, 0.5) is 24.5 Å². The van der Waals surface area contributed by atoms with Crippen molar-refractivity contribution in [2.24, 2.45) is 11.3 Å². The molecule has 2 amide bonds. The first-order chi connectivity index (χ1) is 18.1. The van der Waals surface area contributed by atoms with Crippen LogP contribution in [0, 0.1) is 11.3 Å². The zero-order chi connectivity index (χ0) is 27.3. The second-order valence-corrected chi connectivity index (χ2v) is 10.1. The molecule has 38 heavy (non-hydrogen) atoms. The van der Waals surface area contributed by atoms with Gasteiger partial charge in [0.2, 0.25) is 11.8 Å². The zero-order valence-electron chi connectivity index (χ0n) is 21.3. The molecule has 0 radical (unpaired) electrons. The molecule has 0 spiro atoms. The van der Waals surface area contributed by atoms with Gasteiger partial charge < -0.3 is 20.3 Å². The fraction of sp³-hybridized carbons (Fsp3) is 0.464. The van der Waals surface area contributed by atoms with E-state index < -0.39 is 17.2 Å². The normalized spacial score (nSPS) is 21.5. The average molecular weight is 532 g/mol. The summed E-state index contributed by atoms with van der Waals surface area (Å²) in [4.78, 5) is 39.0. The van der Waals surface area contributed by atoms with Crippen molar-refractivity contribution in [3.8, 4) is 0 Å². The maximum absolute atomic E-state index is 13.2. The summed E-state index contributed by atoms with van der Waals surface area (Å²) in [7, 11) is 1.70. The minimum absolute atomic E-state index is 0.0154. The number of anilines is 2. The van der Waals surface area contributed by atoms with Gasteiger partial charge in [-0.15, -0.1) is 0 Å². The minimum Gasteiger partial charge on any atom is -0.380 e. The number of ether oxygens (including phenoxy) is 1. The number of carbonyl (C=O) groups excluding carboxylic acids is 3. The minimum atomic E-state index is -4.47. The maximum Gasteiger partial charge on any atom is 0.418 e. The van der Waals surface area contributed by atoms with Crippen molar-refractivity contribution in [3.63, 3.8) is 0 Å². The maximum atomic E-state index is 13.2. The van der Waals surface area contributed by atoms with Gasteiger partial charge in [0.25, 0.3) is 0 Å². The molecule has 0 saturated carbocycles. The second-order valence-electron chi connectivity index (χ2n) is 10.1. The standard InChI is InChI=1S/C28H32F3N3O4/c1-34-17-20(15-25(34)36)24(35)7-4-12-27(13-14-38-18-27)26(37)32-16-19-8-10-21(11-9-19)33-23-6-3-2-5-22(23)28(29,30)31/h2-3,5-6,8-11,20,33H,4,7,12-18H2,1H3,(H,32,37)/t20?,27-/m1/s1. The summed E-state index contributed by atoms with van der Waals surface area (Å²) in [6.07, 6.45) is -2.25. The molecule has 2 aliphatic heterocycles. The van der Waals surface area contributed by atoms with Crippen molar-refractivity contribution < 1.29 is 32.3 Å². The van der Waals surface area contributed by atoms with Crippen molar-refractivity contribution in [2.75, 3.05) is 32.1 Å². The Hall–Kier alpha value is -3.40. The molecule has 2 fully saturated rings. The van der Waals surface area contributed by atoms with E-state index in [9.17, 15) is 27.6 Å². The smallest absolute Gasteiger partial charge is 0.380 e. The van der Waals surface area contributed by atoms with Gasteiger partial charge in [0.1, 0.15) is 5.78 Å². The molecule has 7 nitrogen and oxygen atoms in total. The van der Waals surface area contributed by atoms with E-state index in [1.807, 2.05) is 0 Å². The summed E-state index contributed by atoms with van der Waals surface area (Å²) in [5, 5.41) is 5.77. The Morgan fingerprint density at radius 2 is 1.87 bits per heavy atom. The third kappa shape index (κ3) is 6.53. The molecular weight excluding hydrogens is 499 g/mol. The Morgan fingerprint density at radius 1 is 1.13 bits per heavy atom. The summed E-state index contributed by atoms with van der Waals surface area (Å²) in [5.74, 6) is -0.363. The molecule has 2 aromatic rings. The van der Waals surface area contributed by atoms with Gasteiger partial charge in [-0.3, -0.25) is 14.4 Å². The van der Waals surface area contributed by atoms with Crippen molar-refractivity contribution in [2.45, 2.75) is 44.8 Å². The van der Waals surface area contributed by atoms with Crippen molar-refractivity contribution in [3.05, 3.63) is 59.7 Å². The van der Waals surface area contributed by atoms with Crippen LogP contribution in [0.25, 0.3) is 0 Å². The molecule has 4 rings (SSSR count). The van der Waals surface area contributed by atoms with Gasteiger partial charge in [-0.2, -0.15) is 13.2 Å². The van der Waals surface area contributed by atoms with Crippen molar-refractivity contribution in [1.82, 2.24) is 10.2 Å². The number of halogens is 3. The Morgan fingerprint density at radius 3 is 2.50 bits per heavy atom. The summed E-state index contributed by atoms with van der Waals surface area (Å²) >= 11 is 0. The lowest BCUT2D eigenvalue weighted by Crippen LogP contribution is -2.41. The van der Waals surface area contributed by atoms with Gasteiger partial charge in [0.05, 0.1) is 23.3 Å². The van der Waals surface area contributed by atoms with E-state index in [1.54, 1.807) is 36.2 Å². The van der Waals surface area contributed by atoms with E-state index in [-0.39, 0.29) is 42.2 Å². The highest BCUT2D eigenvalue weighted by Gasteiger charge is 2.42. The number of para-hydroxylation sites is 1. The van der Waals surface area contributed by atoms with E-state index >= 15 is 0 Å². The van der Waals surface area contributed by atoms with Crippen LogP contribution in [0.5, 0.6) is 0 Å². The quantitative estimate of drug-likeness (QED) is 0.465. The Labute approximate surface area is 219 Å². The lowest BCUT2D eigenvalue weighted by molar-refractivity contribution is -0.137. The van der Waals surface area contributed by atoms with Crippen molar-refractivity contribution >= 4 is 29.0 Å². The number of Topliss-reactive ketones (excluding diaryl/α,β-unsaturated/α-hetero) is 1. The number of alkyl halides is 3. The van der Waals surface area contributed by atoms with E-state index in [1.165, 1.54) is 18.2 Å². The number of nitrogens with one attached hydrogen (secondary N) is 2. The number of hydrogen-bond donors (Lipinski definition) is 2. The molecule has 1 unspecified atom stereocenters. The number of rotatable bonds is 10. The fourth-order valence-electron chi connectivity index (χ4n) is 5.05. The van der Waals surface area contributed by atoms with Crippen molar-refractivity contribution in [1.29, 1.82) is 0 Å². The molecule has 2 aliphatic rings. The monoisotopic (exact) mass is 531 g/mol. The van der Waals surface area contributed by atoms with Crippen LogP contribution in [0.3, 0.4) is 0 Å². The van der Waals surface area contributed by atoms with E-state index in [0.717, 1.165) is 11.6 Å². The molecule has 0 aliphatic carbocycles. The third-order valence-electron chi connectivity index (χ3n) is 7.38. The highest BCUT2D eigenvalue weighted by atomic mass is 19.4. The first-order valence-corrected chi connectivity index (χ1v) is 12.7. The first-order valence-electron chi connectivity index (χ1n) is 12.7. The summed E-state index contributed by atoms with van der Waals surface area (Å²) in [6.45, 7) is 1.48. The molecule has 0 bridgehead atoms. The zero-order valence-corrected chi connectivity index (χ0v) is 21.3. The van der Waals surface area contributed by atoms with Crippen LogP contribution in [-0.2, 0) is 31.8 Å². The number of ketones is 1. The Bertz CT molecular complexity index is 1160. The van der Waals surface area contributed by atoms with Gasteiger partial charge in [0, 0.05) is 51.2 Å². The predicted molar refractivity (Wildman–Crippen MR) is 135 cm³/mol. The Kier molecular flexibility index (Phi) is 8.40. The van der Waals surface area contributed by atoms with Gasteiger partial charge in [-0.25, -0.2) is 0 Å². The van der Waals surface area contributed by atoms with E-state index in [2.05, 4.69) is 10.6 Å². The summed E-state index contributed by atoms with van der Waals surface area (Å²) < 4.78 is 45.3. The summed E-state index contributed by atoms with van der Waals surface area (Å²) in [5.41, 5.74) is -0.185. The van der Waals surface area contributed by atoms with Crippen LogP contribution in [0.2, 0.25) is 0 Å². The lowest BCUT2D eigenvalue weighted by Gasteiger charge is -2.26. The molecule has 0 aromatic heterocycles. The number of benzene rings is 2. The topological polar surface area (TPSA) is 87.7 Å². The van der Waals surface area contributed by atoms with E-state index in [4.69, 9.17) is 4.74 Å². The Balaban J connectivity index is 1.29. The van der Waals surface area contributed by atoms with Crippen LogP contribution in [0.1, 0.15) is 43.2 Å². The molecule has 2 N–H and O–H groups in total. The molecule has 2 heterocycles. The highest BCUT2D eigenvalue weighted by Crippen LogP contribution is 2.37. The number of amides is 2. The van der Waals surface area contributed by atoms with Crippen LogP contribution >= 0.6 is 0 Å². The molecule has 204 valence electrons. The molecule has 2 atom stereocenters. The number of nitrogens with zero attached hydrogens (tertiary/aromatic N) is 1. The van der Waals surface area contributed by atoms with Gasteiger partial charge >= 0.3 is 6.18 Å². The number of carbonyl (C=O) groups is 3. The molecule has 2 aromatic carbocycles. The van der Waals surface area contributed by atoms with Gasteiger partial charge in [-0.1, -0.05) is 24.3 Å². The number of likely N-dealkylation sites (tertiary alicyclic amines) is 1. The van der Waals surface area contributed by atoms with Gasteiger partial charge in [-0.05, 0) is 49.1 Å². The molecule has 10 heteroatoms. The average Bonchev–Trinajstić information content (AvgIpc) is 3.50. The third-order valence-corrected chi connectivity index (χ3v) is 7.38. The largest absolute Gasteiger partial charge is 0.418 e. The van der Waals surface area contributed by atoms with Gasteiger partial charge in [0.15, 0.2) is 0 Å². The first kappa shape index (κ1) is 27.6. The van der Waals surface area contributed by atoms with Crippen LogP contribution < -0.4 is 10.6 Å². The molecule has 2 saturated heterocycles. The van der Waals surface area contributed by atoms with Crippen LogP contribution in [0.15, 0.2) is 48.5 Å². The SMILES string of the molecule is CN1CC(C(=O)CCC[C@@]2(C(=O)NCc3ccc(Nc4ccccc4C(F)(F)F)cc3)CCOC2)CC1=O. The second kappa shape index (κ2) is 11.6. The lowest BCUT2D eigenvalue weighted by atomic mass is 9.80. The highest BCUT2D eigenvalue weighted by molar-refractivity contribution is 5.90. The van der Waals surface area contributed by atoms with E-state index in [0.29, 0.717) is 51.1 Å². The van der Waals surface area contributed by atoms with Crippen LogP contribution in [-0.4, -0.2) is 49.3 Å². The fourth-order valence-corrected chi connectivity index (χ4v) is 5.05. The summed E-state index contributed by atoms with van der Waals surface area (Å²) in [6, 6.07) is 12.1. The predicted octanol–water partition coefficient (Wildman–Crippen LogP) is 4.69. The molecular formula is C28H32F3N3O4.